The summed E-state index contributed by atoms with van der Waals surface area (Å²) < 4.78 is 1.00. The molecule has 130 valence electrons. The van der Waals surface area contributed by atoms with Crippen molar-refractivity contribution in [3.05, 3.63) is 57.6 Å². The molecule has 1 N–H and O–H groups in total. The number of nitrogens with one attached hydrogen (secondary N) is 1. The van der Waals surface area contributed by atoms with Crippen LogP contribution in [0.15, 0.2) is 40.9 Å². The maximum absolute atomic E-state index is 12.6. The van der Waals surface area contributed by atoms with Gasteiger partial charge in [-0.2, -0.15) is 0 Å². The van der Waals surface area contributed by atoms with Gasteiger partial charge in [0.05, 0.1) is 5.92 Å². The van der Waals surface area contributed by atoms with Gasteiger partial charge >= 0.3 is 0 Å². The fraction of sp³-hybridized carbons (Fsp3) is 0.300. The first-order valence-corrected chi connectivity index (χ1v) is 9.09. The number of amides is 2. The van der Waals surface area contributed by atoms with Crippen LogP contribution >= 0.6 is 15.9 Å². The van der Waals surface area contributed by atoms with Crippen molar-refractivity contribution < 1.29 is 9.59 Å². The van der Waals surface area contributed by atoms with Gasteiger partial charge in [-0.25, -0.2) is 0 Å². The Morgan fingerprint density at radius 1 is 1.16 bits per heavy atom. The highest BCUT2D eigenvalue weighted by atomic mass is 79.9. The fourth-order valence-corrected chi connectivity index (χ4v) is 3.36. The van der Waals surface area contributed by atoms with Crippen molar-refractivity contribution >= 4 is 39.1 Å². The van der Waals surface area contributed by atoms with Crippen molar-refractivity contribution in [2.24, 2.45) is 5.92 Å². The van der Waals surface area contributed by atoms with Gasteiger partial charge in [-0.15, -0.1) is 0 Å². The lowest BCUT2D eigenvalue weighted by Gasteiger charge is -2.20. The summed E-state index contributed by atoms with van der Waals surface area (Å²) in [5, 5.41) is 2.93. The Kier molecular flexibility index (Phi) is 4.95. The van der Waals surface area contributed by atoms with E-state index in [1.54, 1.807) is 4.90 Å². The van der Waals surface area contributed by atoms with Crippen LogP contribution in [0.4, 0.5) is 11.4 Å². The molecular formula is C20H21BrN2O2. The van der Waals surface area contributed by atoms with Gasteiger partial charge in [0.2, 0.25) is 11.8 Å². The quantitative estimate of drug-likeness (QED) is 0.831. The van der Waals surface area contributed by atoms with Gasteiger partial charge in [-0.1, -0.05) is 28.1 Å². The average Bonchev–Trinajstić information content (AvgIpc) is 2.95. The van der Waals surface area contributed by atoms with Crippen LogP contribution in [0.25, 0.3) is 0 Å². The average molecular weight is 401 g/mol. The Labute approximate surface area is 156 Å². The standard InChI is InChI=1S/C20H21BrN2O2/c1-12-5-4-6-18(14(12)3)23-11-15(10-19(23)24)20(25)22-16-7-8-17(21)13(2)9-16/h4-9,15H,10-11H2,1-3H3,(H,22,25)/t15-/m0/s1. The lowest BCUT2D eigenvalue weighted by atomic mass is 10.1. The molecule has 5 heteroatoms. The maximum atomic E-state index is 12.6. The summed E-state index contributed by atoms with van der Waals surface area (Å²) in [6.07, 6.45) is 0.245. The molecule has 1 atom stereocenters. The van der Waals surface area contributed by atoms with Crippen molar-refractivity contribution in [2.45, 2.75) is 27.2 Å². The molecule has 1 aliphatic heterocycles. The number of carbonyl (C=O) groups is 2. The molecule has 1 aliphatic rings. The number of hydrogen-bond acceptors (Lipinski definition) is 2. The van der Waals surface area contributed by atoms with E-state index >= 15 is 0 Å². The summed E-state index contributed by atoms with van der Waals surface area (Å²) in [7, 11) is 0. The van der Waals surface area contributed by atoms with Gasteiger partial charge in [0.15, 0.2) is 0 Å². The van der Waals surface area contributed by atoms with E-state index in [0.29, 0.717) is 6.54 Å². The molecule has 3 rings (SSSR count). The number of halogens is 1. The zero-order chi connectivity index (χ0) is 18.1. The van der Waals surface area contributed by atoms with E-state index in [1.807, 2.05) is 57.2 Å². The Hall–Kier alpha value is -2.14. The number of anilines is 2. The van der Waals surface area contributed by atoms with Crippen LogP contribution in [-0.2, 0) is 9.59 Å². The van der Waals surface area contributed by atoms with Crippen molar-refractivity contribution in [3.63, 3.8) is 0 Å². The SMILES string of the molecule is Cc1cc(NC(=O)[C@H]2CC(=O)N(c3cccc(C)c3C)C2)ccc1Br. The summed E-state index contributed by atoms with van der Waals surface area (Å²) in [5.74, 6) is -0.444. The van der Waals surface area contributed by atoms with Gasteiger partial charge in [0.1, 0.15) is 0 Å². The van der Waals surface area contributed by atoms with Gasteiger partial charge in [0.25, 0.3) is 0 Å². The molecule has 0 aromatic heterocycles. The van der Waals surface area contributed by atoms with Crippen LogP contribution < -0.4 is 10.2 Å². The van der Waals surface area contributed by atoms with Crippen molar-refractivity contribution in [2.75, 3.05) is 16.8 Å². The Bertz CT molecular complexity index is 848. The van der Waals surface area contributed by atoms with Gasteiger partial charge in [0, 0.05) is 28.8 Å². The molecule has 2 aromatic rings. The summed E-state index contributed by atoms with van der Waals surface area (Å²) in [4.78, 5) is 26.8. The molecule has 0 saturated carbocycles. The molecule has 0 unspecified atom stereocenters. The summed E-state index contributed by atoms with van der Waals surface area (Å²) in [6, 6.07) is 11.6. The third-order valence-electron chi connectivity index (χ3n) is 4.79. The summed E-state index contributed by atoms with van der Waals surface area (Å²) in [6.45, 7) is 6.43. The Balaban J connectivity index is 1.74. The largest absolute Gasteiger partial charge is 0.326 e. The number of hydrogen-bond donors (Lipinski definition) is 1. The molecule has 4 nitrogen and oxygen atoms in total. The van der Waals surface area contributed by atoms with E-state index in [2.05, 4.69) is 21.2 Å². The van der Waals surface area contributed by atoms with E-state index in [1.165, 1.54) is 0 Å². The fourth-order valence-electron chi connectivity index (χ4n) is 3.11. The summed E-state index contributed by atoms with van der Waals surface area (Å²) in [5.41, 5.74) is 4.93. The van der Waals surface area contributed by atoms with Crippen LogP contribution in [0.2, 0.25) is 0 Å². The monoisotopic (exact) mass is 400 g/mol. The third-order valence-corrected chi connectivity index (χ3v) is 5.68. The lowest BCUT2D eigenvalue weighted by Crippen LogP contribution is -2.28. The second-order valence-corrected chi connectivity index (χ2v) is 7.43. The number of nitrogens with zero attached hydrogens (tertiary/aromatic N) is 1. The van der Waals surface area contributed by atoms with Gasteiger partial charge < -0.3 is 10.2 Å². The topological polar surface area (TPSA) is 49.4 Å². The van der Waals surface area contributed by atoms with E-state index in [-0.39, 0.29) is 24.2 Å². The zero-order valence-corrected chi connectivity index (χ0v) is 16.2. The van der Waals surface area contributed by atoms with Crippen LogP contribution in [0, 0.1) is 26.7 Å². The molecule has 1 fully saturated rings. The van der Waals surface area contributed by atoms with Crippen LogP contribution in [-0.4, -0.2) is 18.4 Å². The highest BCUT2D eigenvalue weighted by molar-refractivity contribution is 9.10. The molecule has 0 spiro atoms. The summed E-state index contributed by atoms with van der Waals surface area (Å²) >= 11 is 3.45. The van der Waals surface area contributed by atoms with Gasteiger partial charge in [-0.05, 0) is 61.7 Å². The second-order valence-electron chi connectivity index (χ2n) is 6.58. The lowest BCUT2D eigenvalue weighted by molar-refractivity contribution is -0.122. The first-order chi connectivity index (χ1) is 11.9. The van der Waals surface area contributed by atoms with Crippen LogP contribution in [0.3, 0.4) is 0 Å². The predicted octanol–water partition coefficient (Wildman–Crippen LogP) is 4.37. The number of rotatable bonds is 3. The minimum Gasteiger partial charge on any atom is -0.326 e. The maximum Gasteiger partial charge on any atom is 0.229 e. The molecule has 1 heterocycles. The zero-order valence-electron chi connectivity index (χ0n) is 14.6. The smallest absolute Gasteiger partial charge is 0.229 e. The minimum absolute atomic E-state index is 0.000775. The van der Waals surface area contributed by atoms with Crippen LogP contribution in [0.5, 0.6) is 0 Å². The van der Waals surface area contributed by atoms with Crippen molar-refractivity contribution in [1.82, 2.24) is 0 Å². The Morgan fingerprint density at radius 2 is 1.92 bits per heavy atom. The van der Waals surface area contributed by atoms with E-state index < -0.39 is 0 Å². The normalized spacial score (nSPS) is 17.0. The van der Waals surface area contributed by atoms with E-state index in [4.69, 9.17) is 0 Å². The molecule has 2 aromatic carbocycles. The molecule has 0 bridgehead atoms. The first kappa shape index (κ1) is 17.7. The van der Waals surface area contributed by atoms with Crippen molar-refractivity contribution in [3.8, 4) is 0 Å². The van der Waals surface area contributed by atoms with E-state index in [9.17, 15) is 9.59 Å². The number of carbonyl (C=O) groups excluding carboxylic acids is 2. The molecule has 0 radical (unpaired) electrons. The van der Waals surface area contributed by atoms with Crippen molar-refractivity contribution in [1.29, 1.82) is 0 Å². The predicted molar refractivity (Wildman–Crippen MR) is 104 cm³/mol. The molecule has 25 heavy (non-hydrogen) atoms. The third kappa shape index (κ3) is 3.61. The molecule has 0 aliphatic carbocycles. The molecule has 2 amide bonds. The Morgan fingerprint density at radius 3 is 2.64 bits per heavy atom. The molecule has 1 saturated heterocycles. The van der Waals surface area contributed by atoms with Gasteiger partial charge in [-0.3, -0.25) is 9.59 Å². The second kappa shape index (κ2) is 7.00. The number of aryl methyl sites for hydroxylation is 2. The first-order valence-electron chi connectivity index (χ1n) is 8.30. The molecular weight excluding hydrogens is 380 g/mol. The van der Waals surface area contributed by atoms with E-state index in [0.717, 1.165) is 32.5 Å². The highest BCUT2D eigenvalue weighted by Crippen LogP contribution is 2.30. The highest BCUT2D eigenvalue weighted by Gasteiger charge is 2.35. The van der Waals surface area contributed by atoms with Crippen LogP contribution in [0.1, 0.15) is 23.1 Å². The minimum atomic E-state index is -0.337. The number of benzene rings is 2.